The quantitative estimate of drug-likeness (QED) is 0.922. The molecular weight excluding hydrogens is 260 g/mol. The Morgan fingerprint density at radius 1 is 1.05 bits per heavy atom. The van der Waals surface area contributed by atoms with Gasteiger partial charge in [-0.2, -0.15) is 0 Å². The molecule has 2 nitrogen and oxygen atoms in total. The molecule has 1 unspecified atom stereocenters. The fraction of sp³-hybridized carbons (Fsp3) is 0.250. The van der Waals surface area contributed by atoms with Gasteiger partial charge in [-0.25, -0.2) is 8.78 Å². The number of halogens is 2. The summed E-state index contributed by atoms with van der Waals surface area (Å²) < 4.78 is 32.8. The lowest BCUT2D eigenvalue weighted by atomic mass is 9.96. The van der Waals surface area contributed by atoms with Crippen LogP contribution < -0.4 is 10.1 Å². The Labute approximate surface area is 117 Å². The molecular formula is C16H17F2NO. The molecule has 0 heterocycles. The minimum atomic E-state index is -0.571. The summed E-state index contributed by atoms with van der Waals surface area (Å²) in [4.78, 5) is 0. The SMILES string of the molecule is CNC(c1cc(C)c(F)cc1F)c1ccccc1OC. The van der Waals surface area contributed by atoms with Crippen LogP contribution in [0.5, 0.6) is 5.75 Å². The molecule has 0 aliphatic rings. The number of rotatable bonds is 4. The molecule has 0 aliphatic carbocycles. The van der Waals surface area contributed by atoms with Crippen LogP contribution in [0.4, 0.5) is 8.78 Å². The zero-order valence-corrected chi connectivity index (χ0v) is 11.7. The summed E-state index contributed by atoms with van der Waals surface area (Å²) in [7, 11) is 3.30. The molecule has 0 saturated heterocycles. The van der Waals surface area contributed by atoms with Gasteiger partial charge in [0, 0.05) is 17.2 Å². The van der Waals surface area contributed by atoms with Crippen LogP contribution in [0.2, 0.25) is 0 Å². The average molecular weight is 277 g/mol. The van der Waals surface area contributed by atoms with E-state index in [1.54, 1.807) is 21.1 Å². The van der Waals surface area contributed by atoms with E-state index in [-0.39, 0.29) is 0 Å². The van der Waals surface area contributed by atoms with Gasteiger partial charge in [-0.1, -0.05) is 18.2 Å². The Morgan fingerprint density at radius 2 is 1.75 bits per heavy atom. The molecule has 106 valence electrons. The van der Waals surface area contributed by atoms with Crippen molar-refractivity contribution < 1.29 is 13.5 Å². The lowest BCUT2D eigenvalue weighted by Gasteiger charge is -2.21. The summed E-state index contributed by atoms with van der Waals surface area (Å²) >= 11 is 0. The van der Waals surface area contributed by atoms with Gasteiger partial charge in [0.1, 0.15) is 17.4 Å². The van der Waals surface area contributed by atoms with E-state index in [1.165, 1.54) is 6.07 Å². The maximum Gasteiger partial charge on any atom is 0.131 e. The second-order valence-corrected chi connectivity index (χ2v) is 4.59. The number of ether oxygens (including phenoxy) is 1. The zero-order chi connectivity index (χ0) is 14.7. The molecule has 0 aliphatic heterocycles. The Bertz CT molecular complexity index is 613. The Balaban J connectivity index is 2.55. The normalized spacial score (nSPS) is 12.2. The van der Waals surface area contributed by atoms with Crippen molar-refractivity contribution in [3.8, 4) is 5.75 Å². The highest BCUT2D eigenvalue weighted by Gasteiger charge is 2.20. The first-order chi connectivity index (χ1) is 9.58. The van der Waals surface area contributed by atoms with Gasteiger partial charge in [-0.15, -0.1) is 0 Å². The lowest BCUT2D eigenvalue weighted by molar-refractivity contribution is 0.404. The van der Waals surface area contributed by atoms with E-state index in [0.29, 0.717) is 16.9 Å². The van der Waals surface area contributed by atoms with Gasteiger partial charge in [0.05, 0.1) is 13.2 Å². The molecule has 0 bridgehead atoms. The third-order valence-corrected chi connectivity index (χ3v) is 3.33. The van der Waals surface area contributed by atoms with E-state index in [0.717, 1.165) is 11.6 Å². The van der Waals surface area contributed by atoms with E-state index >= 15 is 0 Å². The Hall–Kier alpha value is -1.94. The van der Waals surface area contributed by atoms with E-state index in [9.17, 15) is 8.78 Å². The second kappa shape index (κ2) is 6.01. The summed E-state index contributed by atoms with van der Waals surface area (Å²) in [6.45, 7) is 1.62. The molecule has 20 heavy (non-hydrogen) atoms. The molecule has 0 amide bonds. The van der Waals surface area contributed by atoms with Gasteiger partial charge in [0.15, 0.2) is 0 Å². The highest BCUT2D eigenvalue weighted by molar-refractivity contribution is 5.43. The number of hydrogen-bond acceptors (Lipinski definition) is 2. The highest BCUT2D eigenvalue weighted by Crippen LogP contribution is 2.31. The Morgan fingerprint density at radius 3 is 2.40 bits per heavy atom. The number of hydrogen-bond donors (Lipinski definition) is 1. The van der Waals surface area contributed by atoms with Crippen molar-refractivity contribution in [2.24, 2.45) is 0 Å². The van der Waals surface area contributed by atoms with E-state index in [4.69, 9.17) is 4.74 Å². The smallest absolute Gasteiger partial charge is 0.131 e. The van der Waals surface area contributed by atoms with Gasteiger partial charge < -0.3 is 10.1 Å². The van der Waals surface area contributed by atoms with Crippen LogP contribution in [-0.4, -0.2) is 14.2 Å². The van der Waals surface area contributed by atoms with Crippen LogP contribution in [0.25, 0.3) is 0 Å². The van der Waals surface area contributed by atoms with Crippen LogP contribution in [0.3, 0.4) is 0 Å². The largest absolute Gasteiger partial charge is 0.496 e. The van der Waals surface area contributed by atoms with Crippen molar-refractivity contribution in [1.82, 2.24) is 5.32 Å². The van der Waals surface area contributed by atoms with Crippen LogP contribution in [0.15, 0.2) is 36.4 Å². The van der Waals surface area contributed by atoms with Gasteiger partial charge in [0.2, 0.25) is 0 Å². The minimum absolute atomic E-state index is 0.398. The predicted molar refractivity (Wildman–Crippen MR) is 75.0 cm³/mol. The van der Waals surface area contributed by atoms with Crippen LogP contribution >= 0.6 is 0 Å². The molecule has 0 fully saturated rings. The number of aryl methyl sites for hydroxylation is 1. The first kappa shape index (κ1) is 14.5. The maximum absolute atomic E-state index is 14.1. The standard InChI is InChI=1S/C16H17F2NO/c1-10-8-12(14(18)9-13(10)17)16(19-2)11-6-4-5-7-15(11)20-3/h4-9,16,19H,1-3H3. The topological polar surface area (TPSA) is 21.3 Å². The number of methoxy groups -OCH3 is 1. The summed E-state index contributed by atoms with van der Waals surface area (Å²) in [6.07, 6.45) is 0. The van der Waals surface area contributed by atoms with Gasteiger partial charge in [0.25, 0.3) is 0 Å². The predicted octanol–water partition coefficient (Wildman–Crippen LogP) is 3.59. The summed E-state index contributed by atoms with van der Waals surface area (Å²) in [5.74, 6) is -0.451. The molecule has 0 aromatic heterocycles. The number of para-hydroxylation sites is 1. The first-order valence-electron chi connectivity index (χ1n) is 6.34. The van der Waals surface area contributed by atoms with Crippen LogP contribution in [0, 0.1) is 18.6 Å². The van der Waals surface area contributed by atoms with Crippen LogP contribution in [-0.2, 0) is 0 Å². The maximum atomic E-state index is 14.1. The molecule has 0 spiro atoms. The van der Waals surface area contributed by atoms with Crippen molar-refractivity contribution >= 4 is 0 Å². The highest BCUT2D eigenvalue weighted by atomic mass is 19.1. The Kier molecular flexibility index (Phi) is 4.35. The first-order valence-corrected chi connectivity index (χ1v) is 6.34. The molecule has 2 rings (SSSR count). The van der Waals surface area contributed by atoms with E-state index < -0.39 is 17.7 Å². The summed E-state index contributed by atoms with van der Waals surface area (Å²) in [6, 6.07) is 9.43. The molecule has 2 aromatic carbocycles. The molecule has 0 radical (unpaired) electrons. The summed E-state index contributed by atoms with van der Waals surface area (Å²) in [5, 5.41) is 3.05. The van der Waals surface area contributed by atoms with Crippen molar-refractivity contribution in [1.29, 1.82) is 0 Å². The molecule has 1 atom stereocenters. The molecule has 4 heteroatoms. The minimum Gasteiger partial charge on any atom is -0.496 e. The van der Waals surface area contributed by atoms with Crippen molar-refractivity contribution in [3.63, 3.8) is 0 Å². The van der Waals surface area contributed by atoms with Crippen molar-refractivity contribution in [2.75, 3.05) is 14.2 Å². The van der Waals surface area contributed by atoms with E-state index in [2.05, 4.69) is 5.32 Å². The molecule has 2 aromatic rings. The van der Waals surface area contributed by atoms with Crippen molar-refractivity contribution in [3.05, 3.63) is 64.7 Å². The number of nitrogens with one attached hydrogen (secondary N) is 1. The van der Waals surface area contributed by atoms with Crippen LogP contribution in [0.1, 0.15) is 22.7 Å². The fourth-order valence-corrected chi connectivity index (χ4v) is 2.28. The third kappa shape index (κ3) is 2.65. The molecule has 0 saturated carbocycles. The van der Waals surface area contributed by atoms with Gasteiger partial charge in [-0.05, 0) is 31.7 Å². The fourth-order valence-electron chi connectivity index (χ4n) is 2.28. The average Bonchev–Trinajstić information content (AvgIpc) is 2.45. The third-order valence-electron chi connectivity index (χ3n) is 3.33. The van der Waals surface area contributed by atoms with E-state index in [1.807, 2.05) is 24.3 Å². The molecule has 1 N–H and O–H groups in total. The monoisotopic (exact) mass is 277 g/mol. The van der Waals surface area contributed by atoms with Gasteiger partial charge in [-0.3, -0.25) is 0 Å². The zero-order valence-electron chi connectivity index (χ0n) is 11.7. The van der Waals surface area contributed by atoms with Crippen molar-refractivity contribution in [2.45, 2.75) is 13.0 Å². The number of benzene rings is 2. The van der Waals surface area contributed by atoms with Gasteiger partial charge >= 0.3 is 0 Å². The summed E-state index contributed by atoms with van der Waals surface area (Å²) in [5.41, 5.74) is 1.62. The lowest BCUT2D eigenvalue weighted by Crippen LogP contribution is -2.20. The second-order valence-electron chi connectivity index (χ2n) is 4.59.